The van der Waals surface area contributed by atoms with E-state index in [9.17, 15) is 39.9 Å². The maximum absolute atomic E-state index is 13.6. The third kappa shape index (κ3) is 3.73. The van der Waals surface area contributed by atoms with Gasteiger partial charge in [-0.05, 0) is 13.0 Å². The third-order valence-corrected chi connectivity index (χ3v) is 5.34. The molecule has 0 aliphatic carbocycles. The normalized spacial score (nSPS) is 28.9. The van der Waals surface area contributed by atoms with Gasteiger partial charge in [0.1, 0.15) is 29.9 Å². The van der Waals surface area contributed by atoms with Crippen molar-refractivity contribution in [2.45, 2.75) is 49.9 Å². The second-order valence-corrected chi connectivity index (χ2v) is 7.58. The molecule has 176 valence electrons. The van der Waals surface area contributed by atoms with Crippen LogP contribution in [0.25, 0.3) is 0 Å². The first kappa shape index (κ1) is 24.0. The molecule has 0 radical (unpaired) electrons. The first-order valence-corrected chi connectivity index (χ1v) is 9.63. The Bertz CT molecular complexity index is 1040. The van der Waals surface area contributed by atoms with Gasteiger partial charge >= 0.3 is 11.6 Å². The van der Waals surface area contributed by atoms with Gasteiger partial charge < -0.3 is 41.2 Å². The topological polar surface area (TPSA) is 195 Å². The van der Waals surface area contributed by atoms with Crippen LogP contribution >= 0.6 is 0 Å². The van der Waals surface area contributed by atoms with E-state index in [4.69, 9.17) is 10.5 Å². The smallest absolute Gasteiger partial charge is 0.353 e. The van der Waals surface area contributed by atoms with Crippen LogP contribution in [0.5, 0.6) is 5.75 Å². The predicted octanol–water partition coefficient (Wildman–Crippen LogP) is -1.63. The maximum atomic E-state index is 13.6. The Balaban J connectivity index is 2.16. The number of hydrogen-bond acceptors (Lipinski definition) is 11. The van der Waals surface area contributed by atoms with Crippen LogP contribution < -0.4 is 11.4 Å². The SMILES string of the molecule is CC(F)Cc1cnc(=O)n([C@]2(O)O[C@H](CO)[C@@H](O)[C@]2(O)N(O)Cc2ccccc2O)c1N. The van der Waals surface area contributed by atoms with Crippen LogP contribution in [-0.2, 0) is 23.6 Å². The van der Waals surface area contributed by atoms with Gasteiger partial charge in [0, 0.05) is 23.7 Å². The lowest BCUT2D eigenvalue weighted by atomic mass is 9.99. The summed E-state index contributed by atoms with van der Waals surface area (Å²) in [7, 11) is 0. The van der Waals surface area contributed by atoms with Gasteiger partial charge in [0.25, 0.3) is 0 Å². The number of nitrogen functional groups attached to an aromatic ring is 1. The molecule has 0 bridgehead atoms. The number of benzene rings is 1. The van der Waals surface area contributed by atoms with Crippen molar-refractivity contribution in [1.82, 2.24) is 14.6 Å². The number of phenolic OH excluding ortho intramolecular Hbond substituents is 1. The van der Waals surface area contributed by atoms with Crippen molar-refractivity contribution >= 4 is 5.82 Å². The highest BCUT2D eigenvalue weighted by molar-refractivity contribution is 5.40. The number of phenols is 1. The number of nitrogens with zero attached hydrogens (tertiary/aromatic N) is 3. The molecule has 1 aromatic carbocycles. The zero-order chi connectivity index (χ0) is 23.8. The van der Waals surface area contributed by atoms with E-state index in [1.165, 1.54) is 31.2 Å². The second-order valence-electron chi connectivity index (χ2n) is 7.58. The minimum Gasteiger partial charge on any atom is -0.508 e. The van der Waals surface area contributed by atoms with Crippen molar-refractivity contribution in [1.29, 1.82) is 0 Å². The number of ether oxygens (including phenoxy) is 1. The Hall–Kier alpha value is -2.65. The Morgan fingerprint density at radius 1 is 1.34 bits per heavy atom. The molecule has 12 nitrogen and oxygen atoms in total. The second kappa shape index (κ2) is 8.71. The van der Waals surface area contributed by atoms with Crippen molar-refractivity contribution < 1.29 is 39.9 Å². The van der Waals surface area contributed by atoms with Crippen molar-refractivity contribution in [2.24, 2.45) is 0 Å². The molecule has 5 atom stereocenters. The summed E-state index contributed by atoms with van der Waals surface area (Å²) in [5.74, 6) is -4.09. The van der Waals surface area contributed by atoms with Crippen LogP contribution in [0.2, 0.25) is 0 Å². The largest absolute Gasteiger partial charge is 0.508 e. The van der Waals surface area contributed by atoms with Gasteiger partial charge in [-0.15, -0.1) is 5.06 Å². The molecule has 1 fully saturated rings. The summed E-state index contributed by atoms with van der Waals surface area (Å²) in [5.41, 5.74) is 1.56. The average Bonchev–Trinajstić information content (AvgIpc) is 2.93. The standard InChI is InChI=1S/C19H25FN4O8/c1-10(20)6-12-7-22-17(28)24(16(12)21)19(30)18(29,15(27)14(9-25)32-19)23(31)8-11-4-2-3-5-13(11)26/h2-5,7,10,14-15,25-27,29-31H,6,8-9,21H2,1H3/t10?,14-,15-,18-,19-/m1/s1. The van der Waals surface area contributed by atoms with E-state index in [2.05, 4.69) is 4.98 Å². The van der Waals surface area contributed by atoms with Crippen molar-refractivity contribution in [3.8, 4) is 5.75 Å². The fourth-order valence-electron chi connectivity index (χ4n) is 3.67. The summed E-state index contributed by atoms with van der Waals surface area (Å²) >= 11 is 0. The lowest BCUT2D eigenvalue weighted by Gasteiger charge is -2.42. The number of anilines is 1. The molecular weight excluding hydrogens is 431 g/mol. The molecule has 1 aromatic heterocycles. The van der Waals surface area contributed by atoms with Crippen LogP contribution in [-0.4, -0.2) is 76.1 Å². The van der Waals surface area contributed by atoms with Crippen LogP contribution in [0.15, 0.2) is 35.3 Å². The van der Waals surface area contributed by atoms with Gasteiger partial charge in [-0.1, -0.05) is 18.2 Å². The first-order chi connectivity index (χ1) is 15.0. The number of alkyl halides is 1. The minimum atomic E-state index is -3.28. The highest BCUT2D eigenvalue weighted by Gasteiger charge is 2.70. The zero-order valence-electron chi connectivity index (χ0n) is 17.0. The Labute approximate surface area is 181 Å². The molecule has 0 amide bonds. The van der Waals surface area contributed by atoms with Crippen LogP contribution in [0.3, 0.4) is 0 Å². The number of para-hydroxylation sites is 1. The first-order valence-electron chi connectivity index (χ1n) is 9.63. The number of aliphatic hydroxyl groups is 4. The maximum Gasteiger partial charge on any atom is 0.353 e. The van der Waals surface area contributed by atoms with E-state index in [0.29, 0.717) is 0 Å². The molecule has 1 aliphatic heterocycles. The number of hydrogen-bond donors (Lipinski definition) is 7. The summed E-state index contributed by atoms with van der Waals surface area (Å²) in [6.07, 6.45) is -4.59. The fourth-order valence-corrected chi connectivity index (χ4v) is 3.67. The number of hydroxylamine groups is 2. The van der Waals surface area contributed by atoms with E-state index < -0.39 is 54.7 Å². The van der Waals surface area contributed by atoms with E-state index in [0.717, 1.165) is 6.20 Å². The monoisotopic (exact) mass is 456 g/mol. The van der Waals surface area contributed by atoms with E-state index in [1.54, 1.807) is 0 Å². The van der Waals surface area contributed by atoms with Crippen LogP contribution in [0.1, 0.15) is 18.1 Å². The highest BCUT2D eigenvalue weighted by atomic mass is 19.1. The number of halogens is 1. The number of rotatable bonds is 7. The summed E-state index contributed by atoms with van der Waals surface area (Å²) in [4.78, 5) is 16.0. The summed E-state index contributed by atoms with van der Waals surface area (Å²) < 4.78 is 19.0. The fraction of sp³-hybridized carbons (Fsp3) is 0.474. The molecule has 8 N–H and O–H groups in total. The van der Waals surface area contributed by atoms with E-state index in [1.807, 2.05) is 0 Å². The molecule has 0 spiro atoms. The number of aromatic nitrogens is 2. The lowest BCUT2D eigenvalue weighted by molar-refractivity contribution is -0.413. The predicted molar refractivity (Wildman–Crippen MR) is 106 cm³/mol. The molecule has 13 heteroatoms. The summed E-state index contributed by atoms with van der Waals surface area (Å²) in [6.45, 7) is -0.369. The highest BCUT2D eigenvalue weighted by Crippen LogP contribution is 2.45. The number of nitrogens with two attached hydrogens (primary N) is 1. The average molecular weight is 456 g/mol. The third-order valence-electron chi connectivity index (χ3n) is 5.34. The van der Waals surface area contributed by atoms with Crippen molar-refractivity contribution in [3.63, 3.8) is 0 Å². The molecule has 2 heterocycles. The minimum absolute atomic E-state index is 0.0221. The van der Waals surface area contributed by atoms with Gasteiger partial charge in [0.15, 0.2) is 0 Å². The number of aliphatic hydroxyl groups excluding tert-OH is 2. The Kier molecular flexibility index (Phi) is 6.53. The molecule has 1 saturated heterocycles. The lowest BCUT2D eigenvalue weighted by Crippen LogP contribution is -2.68. The molecular formula is C19H25FN4O8. The summed E-state index contributed by atoms with van der Waals surface area (Å²) in [6, 6.07) is 5.71. The van der Waals surface area contributed by atoms with Gasteiger partial charge in [-0.25, -0.2) is 18.7 Å². The van der Waals surface area contributed by atoms with Gasteiger partial charge in [-0.3, -0.25) is 0 Å². The summed E-state index contributed by atoms with van der Waals surface area (Å²) in [5, 5.41) is 63.5. The number of aromatic hydroxyl groups is 1. The zero-order valence-corrected chi connectivity index (χ0v) is 17.0. The molecule has 1 aliphatic rings. The quantitative estimate of drug-likeness (QED) is 0.187. The molecule has 1 unspecified atom stereocenters. The Morgan fingerprint density at radius 3 is 2.59 bits per heavy atom. The van der Waals surface area contributed by atoms with Gasteiger partial charge in [-0.2, -0.15) is 0 Å². The Morgan fingerprint density at radius 2 is 2.00 bits per heavy atom. The molecule has 2 aromatic rings. The molecule has 3 rings (SSSR count). The van der Waals surface area contributed by atoms with E-state index in [-0.39, 0.29) is 32.9 Å². The van der Waals surface area contributed by atoms with Crippen molar-refractivity contribution in [3.05, 3.63) is 52.1 Å². The molecule has 0 saturated carbocycles. The van der Waals surface area contributed by atoms with Crippen LogP contribution in [0.4, 0.5) is 10.2 Å². The van der Waals surface area contributed by atoms with E-state index >= 15 is 0 Å². The van der Waals surface area contributed by atoms with Gasteiger partial charge in [0.05, 0.1) is 13.2 Å². The molecule has 32 heavy (non-hydrogen) atoms. The van der Waals surface area contributed by atoms with Gasteiger partial charge in [0.2, 0.25) is 5.72 Å². The van der Waals surface area contributed by atoms with Crippen molar-refractivity contribution in [2.75, 3.05) is 12.3 Å². The van der Waals surface area contributed by atoms with Crippen LogP contribution in [0, 0.1) is 0 Å².